The summed E-state index contributed by atoms with van der Waals surface area (Å²) in [6.07, 6.45) is 10.3. The molecular weight excluding hydrogens is 1260 g/mol. The summed E-state index contributed by atoms with van der Waals surface area (Å²) < 4.78 is 50.5. The molecule has 8 aromatic carbocycles. The van der Waals surface area contributed by atoms with Crippen LogP contribution in [0.25, 0.3) is 89.7 Å². The number of H-pyrrole nitrogens is 2. The van der Waals surface area contributed by atoms with Crippen molar-refractivity contribution in [3.8, 4) is 91.5 Å². The Balaban J connectivity index is 1.06. The molecular formula is C80H74N8O12. The van der Waals surface area contributed by atoms with Gasteiger partial charge in [-0.2, -0.15) is 0 Å². The zero-order valence-corrected chi connectivity index (χ0v) is 56.1. The van der Waals surface area contributed by atoms with E-state index in [0.717, 1.165) is 51.4 Å². The van der Waals surface area contributed by atoms with E-state index in [4.69, 9.17) is 67.8 Å². The molecule has 0 spiro atoms. The maximum absolute atomic E-state index is 13.9. The lowest BCUT2D eigenvalue weighted by atomic mass is 10.1. The van der Waals surface area contributed by atoms with Crippen LogP contribution in [0.1, 0.15) is 146 Å². The third-order valence-electron chi connectivity index (χ3n) is 17.0. The fraction of sp³-hybridized carbons (Fsp3) is 0.250. The molecule has 2 N–H and O–H groups in total. The Morgan fingerprint density at radius 2 is 0.570 bits per heavy atom. The molecule has 506 valence electrons. The van der Waals surface area contributed by atoms with Gasteiger partial charge in [0.05, 0.1) is 48.3 Å². The Labute approximate surface area is 577 Å². The molecule has 11 aromatic rings. The Hall–Kier alpha value is -11.8. The van der Waals surface area contributed by atoms with Gasteiger partial charge in [-0.15, -0.1) is 0 Å². The quantitative estimate of drug-likeness (QED) is 0.0263. The fourth-order valence-corrected chi connectivity index (χ4v) is 11.9. The van der Waals surface area contributed by atoms with Crippen molar-refractivity contribution < 1.29 is 57.1 Å². The summed E-state index contributed by atoms with van der Waals surface area (Å²) >= 11 is 0. The van der Waals surface area contributed by atoms with Crippen LogP contribution >= 0.6 is 0 Å². The van der Waals surface area contributed by atoms with Crippen molar-refractivity contribution in [3.63, 3.8) is 0 Å². The summed E-state index contributed by atoms with van der Waals surface area (Å²) in [6.45, 7) is 9.31. The number of para-hydroxylation sites is 4. The molecule has 0 fully saturated rings. The number of ether oxygens (including phenoxy) is 8. The van der Waals surface area contributed by atoms with Gasteiger partial charge in [0.2, 0.25) is 0 Å². The average Bonchev–Trinajstić information content (AvgIpc) is 1.59. The van der Waals surface area contributed by atoms with Crippen molar-refractivity contribution in [2.75, 3.05) is 26.4 Å². The zero-order chi connectivity index (χ0) is 68.9. The molecule has 2 aliphatic heterocycles. The number of aromatic nitrogens is 8. The third-order valence-corrected chi connectivity index (χ3v) is 17.0. The Kier molecular flexibility index (Phi) is 20.8. The number of aromatic amines is 2. The van der Waals surface area contributed by atoms with Crippen molar-refractivity contribution >= 4 is 68.0 Å². The Morgan fingerprint density at radius 3 is 0.900 bits per heavy atom. The number of hydrogen-bond donors (Lipinski definition) is 2. The first kappa shape index (κ1) is 66.8. The van der Waals surface area contributed by atoms with Crippen LogP contribution in [0.2, 0.25) is 0 Å². The minimum Gasteiger partial charge on any atom is -0.462 e. The monoisotopic (exact) mass is 1340 g/mol. The van der Waals surface area contributed by atoms with Crippen molar-refractivity contribution in [2.45, 2.75) is 105 Å². The molecule has 2 aliphatic rings. The van der Waals surface area contributed by atoms with Crippen LogP contribution in [0, 0.1) is 0 Å². The van der Waals surface area contributed by atoms with Crippen molar-refractivity contribution in [1.82, 2.24) is 39.9 Å². The van der Waals surface area contributed by atoms with Crippen molar-refractivity contribution in [2.24, 2.45) is 0 Å². The van der Waals surface area contributed by atoms with Crippen LogP contribution in [0.4, 0.5) is 0 Å². The number of benzene rings is 8. The van der Waals surface area contributed by atoms with E-state index in [1.165, 1.54) is 0 Å². The van der Waals surface area contributed by atoms with Gasteiger partial charge in [-0.3, -0.25) is 0 Å². The van der Waals surface area contributed by atoms with Crippen LogP contribution in [-0.2, 0) is 18.9 Å². The lowest BCUT2D eigenvalue weighted by molar-refractivity contribution is 0.0486. The number of hydrogen-bond acceptors (Lipinski definition) is 18. The highest BCUT2D eigenvalue weighted by Gasteiger charge is 2.30. The minimum atomic E-state index is -0.539. The summed E-state index contributed by atoms with van der Waals surface area (Å²) in [6, 6.07) is 49.3. The Bertz CT molecular complexity index is 4750. The van der Waals surface area contributed by atoms with Gasteiger partial charge in [-0.05, 0) is 98.5 Å². The smallest absolute Gasteiger partial charge is 0.341 e. The Morgan fingerprint density at radius 1 is 0.290 bits per heavy atom. The molecule has 3 aromatic heterocycles. The second-order valence-electron chi connectivity index (χ2n) is 24.1. The molecule has 0 amide bonds. The minimum absolute atomic E-state index is 0.144. The summed E-state index contributed by atoms with van der Waals surface area (Å²) in [5, 5.41) is 1.96. The average molecular weight is 1340 g/mol. The number of carbonyl (C=O) groups is 4. The molecule has 0 atom stereocenters. The summed E-state index contributed by atoms with van der Waals surface area (Å²) in [5.41, 5.74) is 3.76. The van der Waals surface area contributed by atoms with E-state index >= 15 is 0 Å². The largest absolute Gasteiger partial charge is 0.462 e. The second-order valence-corrected chi connectivity index (χ2v) is 24.1. The van der Waals surface area contributed by atoms with Crippen molar-refractivity contribution in [1.29, 1.82) is 0 Å². The van der Waals surface area contributed by atoms with Crippen LogP contribution in [-0.4, -0.2) is 90.2 Å². The zero-order valence-electron chi connectivity index (χ0n) is 56.1. The highest BCUT2D eigenvalue weighted by atomic mass is 16.6. The number of nitrogens with zero attached hydrogens (tertiary/aromatic N) is 6. The third kappa shape index (κ3) is 14.4. The summed E-state index contributed by atoms with van der Waals surface area (Å²) in [7, 11) is 0. The molecule has 20 nitrogen and oxygen atoms in total. The van der Waals surface area contributed by atoms with Crippen LogP contribution < -0.4 is 18.9 Å². The van der Waals surface area contributed by atoms with Crippen LogP contribution in [0.3, 0.4) is 0 Å². The number of nitrogens with one attached hydrogen (secondary N) is 2. The SMILES string of the molecule is CCCCCOC(=O)c1ccccc1Oc1cccc2c1-c1nc-2nc2[nH]c(nc3nc(nc4[nH]c(n1)c1c(Oc5ccccc5C(=O)OCCCCC)cccc41)-c1cccc(Oc4ccccc4C(=O)OCCCCC)c1-3)c1c(Oc3ccccc3C(=O)OCCCCC)cccc21. The van der Waals surface area contributed by atoms with Gasteiger partial charge in [0, 0.05) is 21.9 Å². The fourth-order valence-electron chi connectivity index (χ4n) is 11.9. The highest BCUT2D eigenvalue weighted by molar-refractivity contribution is 6.10. The van der Waals surface area contributed by atoms with Crippen LogP contribution in [0.15, 0.2) is 170 Å². The van der Waals surface area contributed by atoms with E-state index in [1.54, 1.807) is 133 Å². The first-order valence-electron chi connectivity index (χ1n) is 34.2. The van der Waals surface area contributed by atoms with E-state index in [9.17, 15) is 19.2 Å². The molecule has 0 unspecified atom stereocenters. The number of unbranched alkanes of at least 4 members (excludes halogenated alkanes) is 8. The van der Waals surface area contributed by atoms with Crippen LogP contribution in [0.5, 0.6) is 46.0 Å². The molecule has 0 radical (unpaired) electrons. The van der Waals surface area contributed by atoms with Gasteiger partial charge in [-0.1, -0.05) is 176 Å². The van der Waals surface area contributed by atoms with E-state index in [-0.39, 0.29) is 129 Å². The number of fused-ring (bicyclic) bond motifs is 20. The first-order valence-corrected chi connectivity index (χ1v) is 34.2. The van der Waals surface area contributed by atoms with E-state index in [1.807, 2.05) is 36.4 Å². The molecule has 20 heteroatoms. The predicted molar refractivity (Wildman–Crippen MR) is 381 cm³/mol. The highest BCUT2D eigenvalue weighted by Crippen LogP contribution is 2.47. The van der Waals surface area contributed by atoms with Gasteiger partial charge in [0.25, 0.3) is 0 Å². The molecule has 100 heavy (non-hydrogen) atoms. The molecule has 8 bridgehead atoms. The van der Waals surface area contributed by atoms with Gasteiger partial charge in [-0.25, -0.2) is 49.1 Å². The van der Waals surface area contributed by atoms with E-state index in [0.29, 0.717) is 81.0 Å². The van der Waals surface area contributed by atoms with Gasteiger partial charge in [0.1, 0.15) is 90.8 Å². The number of carbonyl (C=O) groups excluding carboxylic acids is 4. The summed E-state index contributed by atoms with van der Waals surface area (Å²) in [5.74, 6) is 0.639. The lowest BCUT2D eigenvalue weighted by Crippen LogP contribution is -2.08. The standard InChI is InChI=1S/C80H74N8O12/c1-5-9-21-45-93-77(89)49-29-13-17-37-57(49)97-61-41-25-33-53-65(61)73-83-69(53)81-70-55-35-27-43-63(99-59-39-19-15-31-51(59)79(91)95-47-23-11-7-3)67(55)75(85-70)88-76-68-56(36-28-44-64(68)100-60-40-20-16-32-52(60)80(92)96-48-24-12-8-4)72(86-76)82-71-54-34-26-42-62(66(54)74(84-71)87-73)98-58-38-18-14-30-50(58)78(90)94-46-22-10-6-2/h13-20,25-44H,5-12,21-24,45-48H2,1-4H3,(H2,81,82,83,84,85,86,87,88). The normalized spacial score (nSPS) is 11.4. The number of rotatable bonds is 28. The molecule has 5 heterocycles. The number of esters is 4. The van der Waals surface area contributed by atoms with Gasteiger partial charge in [0.15, 0.2) is 23.3 Å². The second kappa shape index (κ2) is 31.2. The maximum atomic E-state index is 13.9. The predicted octanol–water partition coefficient (Wildman–Crippen LogP) is 19.4. The van der Waals surface area contributed by atoms with Crippen molar-refractivity contribution in [3.05, 3.63) is 192 Å². The molecule has 13 rings (SSSR count). The lowest BCUT2D eigenvalue weighted by Gasteiger charge is -2.13. The first-order chi connectivity index (χ1) is 49.1. The molecule has 0 saturated heterocycles. The molecule has 0 saturated carbocycles. The van der Waals surface area contributed by atoms with E-state index in [2.05, 4.69) is 37.7 Å². The maximum Gasteiger partial charge on any atom is 0.341 e. The van der Waals surface area contributed by atoms with Gasteiger partial charge >= 0.3 is 23.9 Å². The van der Waals surface area contributed by atoms with E-state index < -0.39 is 23.9 Å². The molecule has 0 aliphatic carbocycles. The topological polar surface area (TPSA) is 251 Å². The van der Waals surface area contributed by atoms with Gasteiger partial charge < -0.3 is 47.9 Å². The summed E-state index contributed by atoms with van der Waals surface area (Å²) in [4.78, 5) is 94.6.